The number of ketones is 1. The Kier molecular flexibility index (Phi) is 12.6. The molecule has 0 spiro atoms. The number of carbonyl (C=O) groups is 1. The van der Waals surface area contributed by atoms with Crippen LogP contribution in [-0.4, -0.2) is 12.9 Å². The van der Waals surface area contributed by atoms with Crippen molar-refractivity contribution in [3.63, 3.8) is 0 Å². The molecular weight excluding hydrogens is 781 g/mol. The molecule has 63 heavy (non-hydrogen) atoms. The molecular formula is C57H48O6. The van der Waals surface area contributed by atoms with Gasteiger partial charge in [0, 0.05) is 5.56 Å². The van der Waals surface area contributed by atoms with Crippen LogP contribution in [0.15, 0.2) is 188 Å². The summed E-state index contributed by atoms with van der Waals surface area (Å²) in [6.07, 6.45) is 2.78. The van der Waals surface area contributed by atoms with E-state index in [1.54, 1.807) is 7.11 Å². The van der Waals surface area contributed by atoms with Gasteiger partial charge in [-0.15, -0.1) is 0 Å². The third-order valence-corrected chi connectivity index (χ3v) is 11.4. The van der Waals surface area contributed by atoms with Crippen LogP contribution in [0.2, 0.25) is 0 Å². The lowest BCUT2D eigenvalue weighted by molar-refractivity contribution is 0.103. The van der Waals surface area contributed by atoms with Crippen molar-refractivity contribution in [2.24, 2.45) is 0 Å². The van der Waals surface area contributed by atoms with Crippen molar-refractivity contribution in [3.8, 4) is 45.6 Å². The molecule has 6 heteroatoms. The lowest BCUT2D eigenvalue weighted by Gasteiger charge is -2.21. The molecule has 0 unspecified atom stereocenters. The summed E-state index contributed by atoms with van der Waals surface area (Å²) < 4.78 is 32.2. The molecule has 0 aromatic heterocycles. The maximum atomic E-state index is 14.5. The molecule has 0 saturated heterocycles. The second-order valence-corrected chi connectivity index (χ2v) is 15.7. The summed E-state index contributed by atoms with van der Waals surface area (Å²) in [5, 5.41) is 0. The summed E-state index contributed by atoms with van der Waals surface area (Å²) in [4.78, 5) is 14.5. The lowest BCUT2D eigenvalue weighted by atomic mass is 9.89. The largest absolute Gasteiger partial charge is 0.493 e. The van der Waals surface area contributed by atoms with E-state index in [0.29, 0.717) is 65.9 Å². The first kappa shape index (κ1) is 40.8. The Bertz CT molecular complexity index is 2790. The van der Waals surface area contributed by atoms with Crippen LogP contribution in [-0.2, 0) is 45.5 Å². The minimum atomic E-state index is -0.141. The van der Waals surface area contributed by atoms with Crippen LogP contribution in [0, 0.1) is 0 Å². The van der Waals surface area contributed by atoms with Crippen LogP contribution in [0.4, 0.5) is 0 Å². The van der Waals surface area contributed by atoms with Gasteiger partial charge in [0.2, 0.25) is 0 Å². The van der Waals surface area contributed by atoms with E-state index in [-0.39, 0.29) is 12.4 Å². The van der Waals surface area contributed by atoms with Crippen molar-refractivity contribution in [1.29, 1.82) is 0 Å². The van der Waals surface area contributed by atoms with Gasteiger partial charge < -0.3 is 23.7 Å². The van der Waals surface area contributed by atoms with Crippen LogP contribution in [0.3, 0.4) is 0 Å². The van der Waals surface area contributed by atoms with E-state index in [2.05, 4.69) is 66.7 Å². The standard InChI is InChI=1S/C57H48O6/c1-59-53-35-47-26-22-40-24-28-48(29-25-40)63-55-33-44(32-52(56(58)45-20-12-5-13-21-45)57(55)62-39-43-18-10-4-11-19-43)23-27-46-34-49(60-37-41-14-6-2-7-15-41)30-31-50(46)51(47)36-54(53)61-38-42-16-8-3-9-17-42/h2-21,24-25,28-36H,22-23,26-27,37-39H2,1H3. The van der Waals surface area contributed by atoms with Crippen molar-refractivity contribution in [3.05, 3.63) is 238 Å². The fourth-order valence-electron chi connectivity index (χ4n) is 8.02. The summed E-state index contributed by atoms with van der Waals surface area (Å²) in [7, 11) is 1.69. The van der Waals surface area contributed by atoms with Gasteiger partial charge in [-0.05, 0) is 124 Å². The Morgan fingerprint density at radius 2 is 1.06 bits per heavy atom. The van der Waals surface area contributed by atoms with E-state index in [9.17, 15) is 4.79 Å². The Morgan fingerprint density at radius 3 is 1.70 bits per heavy atom. The summed E-state index contributed by atoms with van der Waals surface area (Å²) in [6, 6.07) is 62.5. The minimum Gasteiger partial charge on any atom is -0.493 e. The molecule has 8 aromatic rings. The van der Waals surface area contributed by atoms with Crippen LogP contribution in [0.25, 0.3) is 11.1 Å². The van der Waals surface area contributed by atoms with E-state index in [1.807, 2.05) is 121 Å². The average molecular weight is 829 g/mol. The number of benzene rings is 8. The Balaban J connectivity index is 1.17. The topological polar surface area (TPSA) is 63.2 Å². The molecule has 0 amide bonds. The number of carbonyl (C=O) groups excluding carboxylic acids is 1. The molecule has 0 fully saturated rings. The highest BCUT2D eigenvalue weighted by molar-refractivity contribution is 6.11. The number of fused-ring (bicyclic) bond motifs is 4. The van der Waals surface area contributed by atoms with Gasteiger partial charge in [0.1, 0.15) is 31.3 Å². The Labute approximate surface area is 369 Å². The van der Waals surface area contributed by atoms with Crippen LogP contribution in [0.1, 0.15) is 54.9 Å². The molecule has 0 N–H and O–H groups in total. The van der Waals surface area contributed by atoms with Gasteiger partial charge >= 0.3 is 0 Å². The van der Waals surface area contributed by atoms with Crippen LogP contribution in [0.5, 0.6) is 34.5 Å². The third kappa shape index (κ3) is 9.98. The van der Waals surface area contributed by atoms with Gasteiger partial charge in [-0.25, -0.2) is 0 Å². The smallest absolute Gasteiger partial charge is 0.196 e. The highest BCUT2D eigenvalue weighted by Crippen LogP contribution is 2.42. The van der Waals surface area contributed by atoms with E-state index < -0.39 is 0 Å². The molecule has 4 bridgehead atoms. The van der Waals surface area contributed by atoms with Gasteiger partial charge in [0.25, 0.3) is 0 Å². The van der Waals surface area contributed by atoms with Crippen molar-refractivity contribution in [2.45, 2.75) is 45.5 Å². The predicted molar refractivity (Wildman–Crippen MR) is 248 cm³/mol. The van der Waals surface area contributed by atoms with Crippen molar-refractivity contribution in [1.82, 2.24) is 0 Å². The number of aryl methyl sites for hydroxylation is 4. The maximum absolute atomic E-state index is 14.5. The number of rotatable bonds is 12. The van der Waals surface area contributed by atoms with Gasteiger partial charge in [-0.2, -0.15) is 0 Å². The molecule has 0 atom stereocenters. The zero-order valence-corrected chi connectivity index (χ0v) is 35.3. The van der Waals surface area contributed by atoms with Crippen molar-refractivity contribution in [2.75, 3.05) is 7.11 Å². The second kappa shape index (κ2) is 19.4. The summed E-state index contributed by atoms with van der Waals surface area (Å²) in [5.41, 5.74) is 10.6. The van der Waals surface area contributed by atoms with Gasteiger partial charge in [-0.1, -0.05) is 140 Å². The van der Waals surface area contributed by atoms with E-state index in [1.165, 1.54) is 0 Å². The SMILES string of the molecule is COc1cc2c(cc1OCc1ccccc1)-c1ccc(OCc3ccccc3)cc1CCc1cc(c(OCc3ccccc3)c(C(=O)c3ccccc3)c1)Oc1ccc(cc1)CC2. The highest BCUT2D eigenvalue weighted by Gasteiger charge is 2.23. The molecule has 6 nitrogen and oxygen atoms in total. The molecule has 312 valence electrons. The molecule has 2 aliphatic heterocycles. The molecule has 0 radical (unpaired) electrons. The summed E-state index contributed by atoms with van der Waals surface area (Å²) in [5.74, 6) is 3.54. The number of ether oxygens (including phenoxy) is 5. The quantitative estimate of drug-likeness (QED) is 0.114. The lowest BCUT2D eigenvalue weighted by Crippen LogP contribution is -2.09. The third-order valence-electron chi connectivity index (χ3n) is 11.4. The van der Waals surface area contributed by atoms with Crippen molar-refractivity contribution < 1.29 is 28.5 Å². The monoisotopic (exact) mass is 828 g/mol. The molecule has 10 rings (SSSR count). The first-order chi connectivity index (χ1) is 31.1. The summed E-state index contributed by atoms with van der Waals surface area (Å²) >= 11 is 0. The van der Waals surface area contributed by atoms with Crippen LogP contribution >= 0.6 is 0 Å². The fraction of sp³-hybridized carbons (Fsp3) is 0.140. The molecule has 8 aromatic carbocycles. The number of methoxy groups -OCH3 is 1. The first-order valence-corrected chi connectivity index (χ1v) is 21.4. The Hall–Kier alpha value is -7.57. The van der Waals surface area contributed by atoms with E-state index in [4.69, 9.17) is 23.7 Å². The minimum absolute atomic E-state index is 0.141. The van der Waals surface area contributed by atoms with Crippen LogP contribution < -0.4 is 23.7 Å². The highest BCUT2D eigenvalue weighted by atomic mass is 16.5. The van der Waals surface area contributed by atoms with E-state index in [0.717, 1.165) is 68.7 Å². The zero-order valence-electron chi connectivity index (χ0n) is 35.3. The molecule has 0 saturated carbocycles. The van der Waals surface area contributed by atoms with Gasteiger partial charge in [0.15, 0.2) is 28.8 Å². The number of hydrogen-bond acceptors (Lipinski definition) is 6. The van der Waals surface area contributed by atoms with Gasteiger partial charge in [0.05, 0.1) is 12.7 Å². The van der Waals surface area contributed by atoms with E-state index >= 15 is 0 Å². The zero-order chi connectivity index (χ0) is 42.8. The Morgan fingerprint density at radius 1 is 0.492 bits per heavy atom. The second-order valence-electron chi connectivity index (χ2n) is 15.7. The molecule has 0 aliphatic carbocycles. The molecule has 2 heterocycles. The molecule has 2 aliphatic rings. The first-order valence-electron chi connectivity index (χ1n) is 21.4. The average Bonchev–Trinajstić information content (AvgIpc) is 3.34. The van der Waals surface area contributed by atoms with Crippen molar-refractivity contribution >= 4 is 5.78 Å². The predicted octanol–water partition coefficient (Wildman–Crippen LogP) is 13.0. The normalized spacial score (nSPS) is 12.0. The summed E-state index contributed by atoms with van der Waals surface area (Å²) in [6.45, 7) is 1.12. The fourth-order valence-corrected chi connectivity index (χ4v) is 8.02. The number of hydrogen-bond donors (Lipinski definition) is 0. The van der Waals surface area contributed by atoms with Gasteiger partial charge in [-0.3, -0.25) is 4.79 Å². The maximum Gasteiger partial charge on any atom is 0.196 e.